The molecular formula is C16H15NO4. The zero-order valence-electron chi connectivity index (χ0n) is 11.8. The maximum Gasteiger partial charge on any atom is 0.241 e. The highest BCUT2D eigenvalue weighted by Crippen LogP contribution is 2.52. The molecule has 0 aromatic heterocycles. The summed E-state index contributed by atoms with van der Waals surface area (Å²) in [7, 11) is 1.53. The number of imide groups is 1. The summed E-state index contributed by atoms with van der Waals surface area (Å²) in [6, 6.07) is 7.07. The molecule has 3 heterocycles. The lowest BCUT2D eigenvalue weighted by Crippen LogP contribution is -2.38. The van der Waals surface area contributed by atoms with Gasteiger partial charge in [0.15, 0.2) is 0 Å². The van der Waals surface area contributed by atoms with Crippen molar-refractivity contribution in [2.75, 3.05) is 12.0 Å². The predicted octanol–water partition coefficient (Wildman–Crippen LogP) is 1.53. The topological polar surface area (TPSA) is 55.8 Å². The summed E-state index contributed by atoms with van der Waals surface area (Å²) < 4.78 is 11.1. The highest BCUT2D eigenvalue weighted by molar-refractivity contribution is 6.23. The second kappa shape index (κ2) is 3.95. The number of fused-ring (bicyclic) bond motifs is 5. The van der Waals surface area contributed by atoms with E-state index in [4.69, 9.17) is 9.47 Å². The molecule has 21 heavy (non-hydrogen) atoms. The molecule has 3 aliphatic rings. The van der Waals surface area contributed by atoms with Crippen LogP contribution in [-0.2, 0) is 14.3 Å². The molecule has 0 saturated carbocycles. The van der Waals surface area contributed by atoms with E-state index in [-0.39, 0.29) is 17.9 Å². The predicted molar refractivity (Wildman–Crippen MR) is 74.9 cm³/mol. The Balaban J connectivity index is 1.80. The first kappa shape index (κ1) is 12.6. The Morgan fingerprint density at radius 1 is 1.24 bits per heavy atom. The van der Waals surface area contributed by atoms with E-state index in [2.05, 4.69) is 0 Å². The minimum Gasteiger partial charge on any atom is -0.495 e. The van der Waals surface area contributed by atoms with Crippen molar-refractivity contribution in [2.24, 2.45) is 11.8 Å². The molecule has 2 fully saturated rings. The number of anilines is 1. The first-order valence-corrected chi connectivity index (χ1v) is 6.95. The van der Waals surface area contributed by atoms with Crippen molar-refractivity contribution in [3.05, 3.63) is 36.4 Å². The third kappa shape index (κ3) is 1.44. The van der Waals surface area contributed by atoms with Gasteiger partial charge >= 0.3 is 0 Å². The van der Waals surface area contributed by atoms with Crippen LogP contribution in [0.1, 0.15) is 6.92 Å². The number of rotatable bonds is 2. The Labute approximate surface area is 122 Å². The molecule has 0 N–H and O–H groups in total. The molecule has 0 aliphatic carbocycles. The van der Waals surface area contributed by atoms with Crippen LogP contribution in [0.25, 0.3) is 0 Å². The minimum atomic E-state index is -0.668. The SMILES string of the molecule is COc1ccccc1N1C(=O)[C@@H]2[C@H]3C=C[C@@](C)(O3)[C@H]2C1=O. The molecule has 4 rings (SSSR count). The van der Waals surface area contributed by atoms with Crippen molar-refractivity contribution in [2.45, 2.75) is 18.6 Å². The average Bonchev–Trinajstić information content (AvgIpc) is 3.08. The maximum absolute atomic E-state index is 12.8. The number of ether oxygens (including phenoxy) is 2. The number of para-hydroxylation sites is 2. The Kier molecular flexibility index (Phi) is 2.37. The number of nitrogens with zero attached hydrogens (tertiary/aromatic N) is 1. The fraction of sp³-hybridized carbons (Fsp3) is 0.375. The summed E-state index contributed by atoms with van der Waals surface area (Å²) in [5.74, 6) is -0.746. The van der Waals surface area contributed by atoms with Gasteiger partial charge in [0.05, 0.1) is 36.3 Å². The third-order valence-corrected chi connectivity index (χ3v) is 4.66. The van der Waals surface area contributed by atoms with Gasteiger partial charge in [-0.15, -0.1) is 0 Å². The Morgan fingerprint density at radius 2 is 2.00 bits per heavy atom. The van der Waals surface area contributed by atoms with Gasteiger partial charge in [-0.2, -0.15) is 0 Å². The number of carbonyl (C=O) groups excluding carboxylic acids is 2. The van der Waals surface area contributed by atoms with Crippen molar-refractivity contribution >= 4 is 17.5 Å². The molecule has 5 nitrogen and oxygen atoms in total. The van der Waals surface area contributed by atoms with E-state index < -0.39 is 17.4 Å². The fourth-order valence-corrected chi connectivity index (χ4v) is 3.70. The van der Waals surface area contributed by atoms with E-state index in [1.165, 1.54) is 12.0 Å². The largest absolute Gasteiger partial charge is 0.495 e. The van der Waals surface area contributed by atoms with Crippen LogP contribution < -0.4 is 9.64 Å². The van der Waals surface area contributed by atoms with E-state index >= 15 is 0 Å². The molecule has 108 valence electrons. The standard InChI is InChI=1S/C16H15NO4/c1-16-8-7-11(21-16)12-13(16)15(19)17(14(12)18)9-5-3-4-6-10(9)20-2/h3-8,11-13H,1-2H3/t11-,12-,13-,16-/m1/s1. The molecule has 3 aliphatic heterocycles. The lowest BCUT2D eigenvalue weighted by atomic mass is 9.78. The molecule has 1 aromatic rings. The van der Waals surface area contributed by atoms with Crippen molar-refractivity contribution < 1.29 is 19.1 Å². The normalized spacial score (nSPS) is 36.5. The lowest BCUT2D eigenvalue weighted by Gasteiger charge is -2.24. The van der Waals surface area contributed by atoms with Crippen molar-refractivity contribution in [1.29, 1.82) is 0 Å². The van der Waals surface area contributed by atoms with Crippen LogP contribution in [0, 0.1) is 11.8 Å². The van der Waals surface area contributed by atoms with E-state index in [0.717, 1.165) is 0 Å². The van der Waals surface area contributed by atoms with Gasteiger partial charge in [0, 0.05) is 0 Å². The van der Waals surface area contributed by atoms with Crippen molar-refractivity contribution in [3.63, 3.8) is 0 Å². The number of hydrogen-bond acceptors (Lipinski definition) is 4. The summed E-state index contributed by atoms with van der Waals surface area (Å²) in [5, 5.41) is 0. The molecule has 2 amide bonds. The summed E-state index contributed by atoms with van der Waals surface area (Å²) in [6.07, 6.45) is 3.49. The van der Waals surface area contributed by atoms with Crippen LogP contribution in [0.3, 0.4) is 0 Å². The second-order valence-corrected chi connectivity index (χ2v) is 5.81. The van der Waals surface area contributed by atoms with Crippen LogP contribution >= 0.6 is 0 Å². The summed E-state index contributed by atoms with van der Waals surface area (Å²) in [4.78, 5) is 26.8. The molecular weight excluding hydrogens is 270 g/mol. The van der Waals surface area contributed by atoms with Gasteiger partial charge in [0.2, 0.25) is 11.8 Å². The number of methoxy groups -OCH3 is 1. The van der Waals surface area contributed by atoms with Crippen LogP contribution in [0.4, 0.5) is 5.69 Å². The van der Waals surface area contributed by atoms with Crippen LogP contribution in [-0.4, -0.2) is 30.6 Å². The Bertz CT molecular complexity index is 683. The molecule has 5 heteroatoms. The molecule has 2 bridgehead atoms. The average molecular weight is 285 g/mol. The third-order valence-electron chi connectivity index (χ3n) is 4.66. The fourth-order valence-electron chi connectivity index (χ4n) is 3.70. The van der Waals surface area contributed by atoms with E-state index in [9.17, 15) is 9.59 Å². The zero-order chi connectivity index (χ0) is 14.8. The highest BCUT2D eigenvalue weighted by atomic mass is 16.5. The zero-order valence-corrected chi connectivity index (χ0v) is 11.8. The number of hydrogen-bond donors (Lipinski definition) is 0. The van der Waals surface area contributed by atoms with Gasteiger partial charge < -0.3 is 9.47 Å². The van der Waals surface area contributed by atoms with E-state index in [0.29, 0.717) is 11.4 Å². The number of carbonyl (C=O) groups is 2. The highest BCUT2D eigenvalue weighted by Gasteiger charge is 2.66. The monoisotopic (exact) mass is 285 g/mol. The molecule has 0 spiro atoms. The Morgan fingerprint density at radius 3 is 2.71 bits per heavy atom. The quantitative estimate of drug-likeness (QED) is 0.611. The molecule has 0 unspecified atom stereocenters. The lowest BCUT2D eigenvalue weighted by molar-refractivity contribution is -0.126. The van der Waals surface area contributed by atoms with E-state index in [1.807, 2.05) is 25.1 Å². The molecule has 4 atom stereocenters. The van der Waals surface area contributed by atoms with Crippen LogP contribution in [0.15, 0.2) is 36.4 Å². The first-order chi connectivity index (χ1) is 10.1. The Hall–Kier alpha value is -2.14. The van der Waals surface area contributed by atoms with Gasteiger partial charge in [-0.25, -0.2) is 4.90 Å². The van der Waals surface area contributed by atoms with Gasteiger partial charge in [-0.3, -0.25) is 9.59 Å². The summed E-state index contributed by atoms with van der Waals surface area (Å²) >= 11 is 0. The first-order valence-electron chi connectivity index (χ1n) is 6.95. The summed E-state index contributed by atoms with van der Waals surface area (Å²) in [5.41, 5.74) is -0.161. The second-order valence-electron chi connectivity index (χ2n) is 5.81. The van der Waals surface area contributed by atoms with Gasteiger partial charge in [0.25, 0.3) is 0 Å². The van der Waals surface area contributed by atoms with Crippen molar-refractivity contribution in [1.82, 2.24) is 0 Å². The van der Waals surface area contributed by atoms with Gasteiger partial charge in [-0.1, -0.05) is 24.3 Å². The summed E-state index contributed by atoms with van der Waals surface area (Å²) in [6.45, 7) is 1.87. The minimum absolute atomic E-state index is 0.201. The van der Waals surface area contributed by atoms with Crippen molar-refractivity contribution in [3.8, 4) is 5.75 Å². The maximum atomic E-state index is 12.8. The molecule has 2 saturated heterocycles. The number of benzene rings is 1. The van der Waals surface area contributed by atoms with Crippen LogP contribution in [0.5, 0.6) is 5.75 Å². The number of amides is 2. The van der Waals surface area contributed by atoms with Gasteiger partial charge in [0.1, 0.15) is 5.75 Å². The van der Waals surface area contributed by atoms with E-state index in [1.54, 1.807) is 18.2 Å². The molecule has 1 aromatic carbocycles. The smallest absolute Gasteiger partial charge is 0.241 e. The molecule has 0 radical (unpaired) electrons. The van der Waals surface area contributed by atoms with Crippen LogP contribution in [0.2, 0.25) is 0 Å². The van der Waals surface area contributed by atoms with Gasteiger partial charge in [-0.05, 0) is 19.1 Å².